The number of carbonyl (C=O) groups excluding carboxylic acids is 4. The molecule has 2 N–H and O–H groups in total. The van der Waals surface area contributed by atoms with Crippen LogP contribution in [0.4, 0.5) is 0 Å². The van der Waals surface area contributed by atoms with Crippen molar-refractivity contribution in [3.8, 4) is 50.3 Å². The smallest absolute Gasteiger partial charge is 0.303 e. The zero-order valence-electron chi connectivity index (χ0n) is 39.7. The van der Waals surface area contributed by atoms with Gasteiger partial charge in [0, 0.05) is 72.0 Å². The van der Waals surface area contributed by atoms with Crippen molar-refractivity contribution >= 4 is 70.2 Å². The van der Waals surface area contributed by atoms with Crippen LogP contribution in [0.25, 0.3) is 90.9 Å². The lowest BCUT2D eigenvalue weighted by Gasteiger charge is -2.43. The summed E-state index contributed by atoms with van der Waals surface area (Å²) < 4.78 is 34.7. The van der Waals surface area contributed by atoms with Gasteiger partial charge in [-0.1, -0.05) is 103 Å². The molecule has 10 rings (SSSR count). The van der Waals surface area contributed by atoms with Crippen molar-refractivity contribution < 1.29 is 47.6 Å². The lowest BCUT2D eigenvalue weighted by Crippen LogP contribution is -2.63. The molecule has 3 aliphatic heterocycles. The van der Waals surface area contributed by atoms with Crippen LogP contribution >= 0.6 is 0 Å². The summed E-state index contributed by atoms with van der Waals surface area (Å²) >= 11 is 0. The molecular formula is C58H48N4O10. The molecule has 0 saturated carbocycles. The van der Waals surface area contributed by atoms with Crippen LogP contribution in [0.1, 0.15) is 50.5 Å². The number of aromatic nitrogens is 4. The molecule has 3 aromatic heterocycles. The van der Waals surface area contributed by atoms with Crippen molar-refractivity contribution in [2.75, 3.05) is 6.61 Å². The third-order valence-corrected chi connectivity index (χ3v) is 12.3. The average Bonchev–Trinajstić information content (AvgIpc) is 4.23. The van der Waals surface area contributed by atoms with Crippen LogP contribution in [0.15, 0.2) is 140 Å². The van der Waals surface area contributed by atoms with E-state index in [4.69, 9.17) is 38.4 Å². The van der Waals surface area contributed by atoms with Crippen LogP contribution in [-0.4, -0.2) is 81.1 Å². The highest BCUT2D eigenvalue weighted by molar-refractivity contribution is 5.99. The van der Waals surface area contributed by atoms with Crippen LogP contribution in [0, 0.1) is 0 Å². The Hall–Kier alpha value is -8.88. The molecule has 5 atom stereocenters. The standard InChI is InChI=1S/C58H48N4O10/c1-33(63)67-32-50-55(68-34(2)64)56(69-35(3)65)57(70-36(4)66)58(72-50)71-41-22-20-40(21-23-41)54-48-30-28-46(61-48)52(38-16-10-6-11-17-38)44-26-24-42(59-44)51(37-14-8-5-9-15-37)43-25-27-45(60-43)53(39-18-12-7-13-19-39)47-29-31-49(54)62-47/h5-31,50,55-59,62H,32H2,1-4H3/t50-,55+,56+,57-,58-/m1/s1. The van der Waals surface area contributed by atoms with Crippen LogP contribution in [-0.2, 0) is 42.9 Å². The summed E-state index contributed by atoms with van der Waals surface area (Å²) in [7, 11) is 0. The average molecular weight is 961 g/mol. The van der Waals surface area contributed by atoms with Crippen molar-refractivity contribution in [1.29, 1.82) is 0 Å². The van der Waals surface area contributed by atoms with Gasteiger partial charge in [0.05, 0.1) is 22.8 Å². The van der Waals surface area contributed by atoms with E-state index in [-0.39, 0.29) is 5.75 Å². The Morgan fingerprint density at radius 2 is 0.806 bits per heavy atom. The van der Waals surface area contributed by atoms with Crippen molar-refractivity contribution in [2.45, 2.75) is 58.4 Å². The van der Waals surface area contributed by atoms with Gasteiger partial charge in [0.1, 0.15) is 18.5 Å². The van der Waals surface area contributed by atoms with E-state index in [0.717, 1.165) is 97.5 Å². The largest absolute Gasteiger partial charge is 0.463 e. The fourth-order valence-corrected chi connectivity index (χ4v) is 9.35. The maximum absolute atomic E-state index is 12.6. The molecule has 6 heterocycles. The van der Waals surface area contributed by atoms with Crippen molar-refractivity contribution in [1.82, 2.24) is 19.9 Å². The van der Waals surface area contributed by atoms with E-state index in [1.165, 1.54) is 13.8 Å². The van der Waals surface area contributed by atoms with Gasteiger partial charge in [-0.05, 0) is 83.0 Å². The summed E-state index contributed by atoms with van der Waals surface area (Å²) in [6.07, 6.45) is 1.42. The molecule has 0 spiro atoms. The Bertz CT molecular complexity index is 3400. The van der Waals surface area contributed by atoms with E-state index in [9.17, 15) is 19.2 Å². The zero-order chi connectivity index (χ0) is 49.9. The number of H-pyrrole nitrogens is 2. The molecule has 7 aromatic rings. The predicted octanol–water partition coefficient (Wildman–Crippen LogP) is 10.8. The van der Waals surface area contributed by atoms with Crippen molar-refractivity contribution in [3.63, 3.8) is 0 Å². The molecule has 0 unspecified atom stereocenters. The van der Waals surface area contributed by atoms with E-state index >= 15 is 0 Å². The molecule has 72 heavy (non-hydrogen) atoms. The Kier molecular flexibility index (Phi) is 13.2. The van der Waals surface area contributed by atoms with Crippen LogP contribution in [0.3, 0.4) is 0 Å². The SMILES string of the molecule is CC(=O)OC[C@H]1O[C@@H](Oc2ccc(-c3c4nc(c(-c5ccccc5)c5ccc([nH]5)c(-c5ccccc5)c5nc(c(-c6ccccc6)c6ccc3[nH]6)C=C5)C=C4)cc2)[C@H](OC(C)=O)[C@@H](OC(C)=O)[C@H]1OC(C)=O. The maximum Gasteiger partial charge on any atom is 0.303 e. The molecule has 1 saturated heterocycles. The number of nitrogens with zero attached hydrogens (tertiary/aromatic N) is 2. The molecule has 4 aromatic carbocycles. The number of ether oxygens (including phenoxy) is 6. The highest BCUT2D eigenvalue weighted by Gasteiger charge is 2.53. The van der Waals surface area contributed by atoms with Gasteiger partial charge in [0.2, 0.25) is 12.4 Å². The minimum atomic E-state index is -1.42. The number of carbonyl (C=O) groups is 4. The maximum atomic E-state index is 12.6. The molecular weight excluding hydrogens is 913 g/mol. The second kappa shape index (κ2) is 20.2. The van der Waals surface area contributed by atoms with Crippen LogP contribution in [0.2, 0.25) is 0 Å². The molecule has 14 nitrogen and oxygen atoms in total. The Labute approximate surface area is 413 Å². The second-order valence-corrected chi connectivity index (χ2v) is 17.3. The second-order valence-electron chi connectivity index (χ2n) is 17.3. The number of esters is 4. The highest BCUT2D eigenvalue weighted by Crippen LogP contribution is 2.39. The molecule has 8 bridgehead atoms. The fraction of sp³-hybridized carbons (Fsp3) is 0.172. The number of hydrogen-bond acceptors (Lipinski definition) is 12. The van der Waals surface area contributed by atoms with Crippen molar-refractivity contribution in [3.05, 3.63) is 162 Å². The summed E-state index contributed by atoms with van der Waals surface area (Å²) in [5.74, 6) is -2.57. The third-order valence-electron chi connectivity index (χ3n) is 12.3. The predicted molar refractivity (Wildman–Crippen MR) is 273 cm³/mol. The van der Waals surface area contributed by atoms with Gasteiger partial charge < -0.3 is 38.4 Å². The first-order chi connectivity index (χ1) is 35.0. The van der Waals surface area contributed by atoms with Gasteiger partial charge in [-0.2, -0.15) is 0 Å². The summed E-state index contributed by atoms with van der Waals surface area (Å²) in [6.45, 7) is 4.32. The van der Waals surface area contributed by atoms with E-state index < -0.39 is 61.2 Å². The zero-order valence-corrected chi connectivity index (χ0v) is 39.7. The molecule has 3 aliphatic rings. The summed E-state index contributed by atoms with van der Waals surface area (Å²) in [4.78, 5) is 67.6. The van der Waals surface area contributed by atoms with E-state index in [1.54, 1.807) is 12.1 Å². The number of nitrogens with one attached hydrogen (secondary N) is 2. The minimum absolute atomic E-state index is 0.281. The molecule has 0 amide bonds. The number of benzene rings is 4. The summed E-state index contributed by atoms with van der Waals surface area (Å²) in [6, 6.07) is 46.0. The first kappa shape index (κ1) is 46.8. The fourth-order valence-electron chi connectivity index (χ4n) is 9.35. The number of fused-ring (bicyclic) bond motifs is 8. The first-order valence-corrected chi connectivity index (χ1v) is 23.4. The minimum Gasteiger partial charge on any atom is -0.463 e. The van der Waals surface area contributed by atoms with Crippen molar-refractivity contribution in [2.24, 2.45) is 0 Å². The lowest BCUT2D eigenvalue weighted by molar-refractivity contribution is -0.288. The Balaban J connectivity index is 1.15. The van der Waals surface area contributed by atoms with Crippen LogP contribution in [0.5, 0.6) is 5.75 Å². The van der Waals surface area contributed by atoms with Crippen LogP contribution < -0.4 is 4.74 Å². The monoisotopic (exact) mass is 960 g/mol. The Morgan fingerprint density at radius 3 is 1.18 bits per heavy atom. The quantitative estimate of drug-likeness (QED) is 0.0926. The molecule has 0 aliphatic carbocycles. The van der Waals surface area contributed by atoms with E-state index in [2.05, 4.69) is 76.7 Å². The molecule has 1 fully saturated rings. The highest BCUT2D eigenvalue weighted by atomic mass is 16.7. The van der Waals surface area contributed by atoms with Gasteiger partial charge in [-0.25, -0.2) is 9.97 Å². The van der Waals surface area contributed by atoms with Gasteiger partial charge in [-0.3, -0.25) is 19.2 Å². The number of aromatic amines is 2. The molecule has 0 radical (unpaired) electrons. The third kappa shape index (κ3) is 9.80. The van der Waals surface area contributed by atoms with E-state index in [1.807, 2.05) is 84.9 Å². The number of hydrogen-bond donors (Lipinski definition) is 2. The van der Waals surface area contributed by atoms with E-state index in [0.29, 0.717) is 5.69 Å². The van der Waals surface area contributed by atoms with Gasteiger partial charge in [0.15, 0.2) is 12.2 Å². The first-order valence-electron chi connectivity index (χ1n) is 23.4. The molecule has 14 heteroatoms. The Morgan fingerprint density at radius 1 is 0.444 bits per heavy atom. The van der Waals surface area contributed by atoms with Gasteiger partial charge >= 0.3 is 23.9 Å². The normalized spacial score (nSPS) is 18.0. The van der Waals surface area contributed by atoms with Gasteiger partial charge in [0.25, 0.3) is 0 Å². The molecule has 360 valence electrons. The summed E-state index contributed by atoms with van der Waals surface area (Å²) in [5, 5.41) is 0. The summed E-state index contributed by atoms with van der Waals surface area (Å²) in [5.41, 5.74) is 13.7. The topological polar surface area (TPSA) is 181 Å². The van der Waals surface area contributed by atoms with Gasteiger partial charge in [-0.15, -0.1) is 0 Å². The number of rotatable bonds is 11. The lowest BCUT2D eigenvalue weighted by atomic mass is 9.98.